The van der Waals surface area contributed by atoms with Gasteiger partial charge in [0.25, 0.3) is 0 Å². The second-order valence-electron chi connectivity index (χ2n) is 6.77. The normalized spacial score (nSPS) is 25.8. The van der Waals surface area contributed by atoms with Gasteiger partial charge in [0.1, 0.15) is 11.1 Å². The highest BCUT2D eigenvalue weighted by molar-refractivity contribution is 5.87. The van der Waals surface area contributed by atoms with Crippen LogP contribution in [-0.2, 0) is 14.3 Å². The Labute approximate surface area is 130 Å². The van der Waals surface area contributed by atoms with E-state index in [0.29, 0.717) is 6.42 Å². The summed E-state index contributed by atoms with van der Waals surface area (Å²) in [6.45, 7) is 6.79. The number of hydrogen-bond acceptors (Lipinski definition) is 5. The van der Waals surface area contributed by atoms with Crippen molar-refractivity contribution in [3.63, 3.8) is 0 Å². The molecular formula is C15H26FNO5. The summed E-state index contributed by atoms with van der Waals surface area (Å²) in [6, 6.07) is 0. The largest absolute Gasteiger partial charge is 0.444 e. The highest BCUT2D eigenvalue weighted by atomic mass is 19.1. The van der Waals surface area contributed by atoms with E-state index in [1.165, 1.54) is 0 Å². The second-order valence-corrected chi connectivity index (χ2v) is 6.77. The van der Waals surface area contributed by atoms with Gasteiger partial charge in [-0.3, -0.25) is 0 Å². The lowest BCUT2D eigenvalue weighted by atomic mass is 9.68. The summed E-state index contributed by atoms with van der Waals surface area (Å²) in [5.74, 6) is -0.935. The quantitative estimate of drug-likeness (QED) is 0.734. The van der Waals surface area contributed by atoms with Gasteiger partial charge in [-0.15, -0.1) is 0 Å². The first-order valence-corrected chi connectivity index (χ1v) is 7.59. The summed E-state index contributed by atoms with van der Waals surface area (Å²) < 4.78 is 23.4. The number of nitrogens with one attached hydrogen (secondary N) is 1. The van der Waals surface area contributed by atoms with E-state index in [4.69, 9.17) is 14.6 Å². The van der Waals surface area contributed by atoms with Crippen LogP contribution in [0.2, 0.25) is 0 Å². The van der Waals surface area contributed by atoms with Crippen molar-refractivity contribution in [1.29, 1.82) is 0 Å². The van der Waals surface area contributed by atoms with Gasteiger partial charge in [0.15, 0.2) is 0 Å². The van der Waals surface area contributed by atoms with Gasteiger partial charge in [-0.2, -0.15) is 0 Å². The van der Waals surface area contributed by atoms with Crippen LogP contribution in [0.3, 0.4) is 0 Å². The zero-order valence-corrected chi connectivity index (χ0v) is 13.6. The maximum Gasteiger partial charge on any atom is 0.408 e. The van der Waals surface area contributed by atoms with Crippen molar-refractivity contribution in [2.24, 2.45) is 5.92 Å². The van der Waals surface area contributed by atoms with Crippen LogP contribution in [0.25, 0.3) is 0 Å². The fraction of sp³-hybridized carbons (Fsp3) is 0.867. The number of aliphatic hydroxyl groups is 1. The molecule has 0 saturated heterocycles. The van der Waals surface area contributed by atoms with Gasteiger partial charge in [0.05, 0.1) is 0 Å². The van der Waals surface area contributed by atoms with Crippen LogP contribution in [0.15, 0.2) is 0 Å². The SMILES string of the molecule is CCCC(F)OC(=O)C1(NC(=O)OC(C)(C)C)CC(CO)C1. The molecule has 1 atom stereocenters. The molecule has 0 aliphatic heterocycles. The predicted octanol–water partition coefficient (Wildman–Crippen LogP) is 2.29. The summed E-state index contributed by atoms with van der Waals surface area (Å²) in [6.07, 6.45) is -1.38. The number of halogens is 1. The molecule has 7 heteroatoms. The van der Waals surface area contributed by atoms with Crippen molar-refractivity contribution in [3.05, 3.63) is 0 Å². The van der Waals surface area contributed by atoms with E-state index in [1.54, 1.807) is 27.7 Å². The summed E-state index contributed by atoms with van der Waals surface area (Å²) in [4.78, 5) is 24.1. The third-order valence-corrected chi connectivity index (χ3v) is 3.41. The van der Waals surface area contributed by atoms with Crippen LogP contribution >= 0.6 is 0 Å². The van der Waals surface area contributed by atoms with Crippen molar-refractivity contribution in [2.45, 2.75) is 70.9 Å². The number of amides is 1. The van der Waals surface area contributed by atoms with E-state index in [0.717, 1.165) is 0 Å². The van der Waals surface area contributed by atoms with E-state index in [2.05, 4.69) is 5.32 Å². The molecule has 1 aliphatic rings. The van der Waals surface area contributed by atoms with E-state index in [1.807, 2.05) is 0 Å². The van der Waals surface area contributed by atoms with Crippen molar-refractivity contribution in [2.75, 3.05) is 6.61 Å². The number of aliphatic hydroxyl groups excluding tert-OH is 1. The van der Waals surface area contributed by atoms with Crippen molar-refractivity contribution >= 4 is 12.1 Å². The topological polar surface area (TPSA) is 84.9 Å². The summed E-state index contributed by atoms with van der Waals surface area (Å²) >= 11 is 0. The Morgan fingerprint density at radius 2 is 2.00 bits per heavy atom. The molecule has 0 aromatic carbocycles. The molecule has 0 aromatic heterocycles. The first-order chi connectivity index (χ1) is 10.1. The average molecular weight is 319 g/mol. The lowest BCUT2D eigenvalue weighted by molar-refractivity contribution is -0.174. The molecule has 1 rings (SSSR count). The summed E-state index contributed by atoms with van der Waals surface area (Å²) in [7, 11) is 0. The summed E-state index contributed by atoms with van der Waals surface area (Å²) in [5, 5.41) is 11.6. The third kappa shape index (κ3) is 5.12. The van der Waals surface area contributed by atoms with Gasteiger partial charge in [-0.05, 0) is 46.0 Å². The highest BCUT2D eigenvalue weighted by Crippen LogP contribution is 2.39. The molecule has 0 bridgehead atoms. The zero-order valence-electron chi connectivity index (χ0n) is 13.6. The van der Waals surface area contributed by atoms with Gasteiger partial charge in [0.2, 0.25) is 6.36 Å². The molecule has 2 N–H and O–H groups in total. The van der Waals surface area contributed by atoms with E-state index in [-0.39, 0.29) is 31.8 Å². The fourth-order valence-electron chi connectivity index (χ4n) is 2.39. The third-order valence-electron chi connectivity index (χ3n) is 3.41. The van der Waals surface area contributed by atoms with Crippen molar-refractivity contribution in [3.8, 4) is 0 Å². The molecule has 1 saturated carbocycles. The predicted molar refractivity (Wildman–Crippen MR) is 77.8 cm³/mol. The minimum Gasteiger partial charge on any atom is -0.444 e. The molecule has 22 heavy (non-hydrogen) atoms. The van der Waals surface area contributed by atoms with Crippen LogP contribution in [-0.4, -0.2) is 41.3 Å². The standard InChI is InChI=1S/C15H26FNO5/c1-5-6-11(16)21-12(19)15(7-10(8-15)9-18)17-13(20)22-14(2,3)4/h10-11,18H,5-9H2,1-4H3,(H,17,20). The number of alkyl halides is 1. The smallest absolute Gasteiger partial charge is 0.408 e. The van der Waals surface area contributed by atoms with Crippen molar-refractivity contribution < 1.29 is 28.6 Å². The zero-order chi connectivity index (χ0) is 17.0. The molecular weight excluding hydrogens is 293 g/mol. The van der Waals surface area contributed by atoms with Crippen LogP contribution < -0.4 is 5.32 Å². The molecule has 6 nitrogen and oxygen atoms in total. The lowest BCUT2D eigenvalue weighted by Crippen LogP contribution is -2.64. The maximum atomic E-state index is 13.5. The first-order valence-electron chi connectivity index (χ1n) is 7.59. The molecule has 1 amide bonds. The van der Waals surface area contributed by atoms with Crippen LogP contribution in [0, 0.1) is 5.92 Å². The minimum absolute atomic E-state index is 0.0982. The van der Waals surface area contributed by atoms with Crippen LogP contribution in [0.5, 0.6) is 0 Å². The molecule has 1 unspecified atom stereocenters. The Morgan fingerprint density at radius 3 is 2.45 bits per heavy atom. The summed E-state index contributed by atoms with van der Waals surface area (Å²) in [5.41, 5.74) is -2.02. The molecule has 1 fully saturated rings. The number of hydrogen-bond donors (Lipinski definition) is 2. The van der Waals surface area contributed by atoms with E-state index in [9.17, 15) is 14.0 Å². The number of esters is 1. The fourth-order valence-corrected chi connectivity index (χ4v) is 2.39. The van der Waals surface area contributed by atoms with Gasteiger partial charge >= 0.3 is 12.1 Å². The Bertz CT molecular complexity index is 401. The highest BCUT2D eigenvalue weighted by Gasteiger charge is 2.53. The second kappa shape index (κ2) is 7.26. The van der Waals surface area contributed by atoms with E-state index >= 15 is 0 Å². The van der Waals surface area contributed by atoms with E-state index < -0.39 is 29.6 Å². The van der Waals surface area contributed by atoms with Crippen LogP contribution in [0.1, 0.15) is 53.4 Å². The Morgan fingerprint density at radius 1 is 1.41 bits per heavy atom. The minimum atomic E-state index is -1.69. The first kappa shape index (κ1) is 18.7. The van der Waals surface area contributed by atoms with Gasteiger partial charge in [0, 0.05) is 13.0 Å². The van der Waals surface area contributed by atoms with Gasteiger partial charge in [-0.1, -0.05) is 6.92 Å². The monoisotopic (exact) mass is 319 g/mol. The van der Waals surface area contributed by atoms with Crippen molar-refractivity contribution in [1.82, 2.24) is 5.32 Å². The van der Waals surface area contributed by atoms with Crippen LogP contribution in [0.4, 0.5) is 9.18 Å². The molecule has 1 aliphatic carbocycles. The number of ether oxygens (including phenoxy) is 2. The van der Waals surface area contributed by atoms with Gasteiger partial charge in [-0.25, -0.2) is 14.0 Å². The molecule has 0 heterocycles. The molecule has 0 aromatic rings. The maximum absolute atomic E-state index is 13.5. The molecule has 0 radical (unpaired) electrons. The number of carbonyl (C=O) groups is 2. The van der Waals surface area contributed by atoms with Gasteiger partial charge < -0.3 is 19.9 Å². The number of carbonyl (C=O) groups excluding carboxylic acids is 2. The molecule has 0 spiro atoms. The number of rotatable bonds is 6. The Hall–Kier alpha value is -1.37. The Balaban J connectivity index is 2.70. The average Bonchev–Trinajstić information content (AvgIpc) is 2.30. The lowest BCUT2D eigenvalue weighted by Gasteiger charge is -2.45. The molecule has 128 valence electrons. The Kier molecular flexibility index (Phi) is 6.17. The number of alkyl carbamates (subject to hydrolysis) is 1.